The lowest BCUT2D eigenvalue weighted by molar-refractivity contribution is 0.105. The van der Waals surface area contributed by atoms with E-state index in [9.17, 15) is 18.7 Å². The number of carbonyl (C=O) groups excluding carboxylic acids is 1. The first-order chi connectivity index (χ1) is 14.5. The van der Waals surface area contributed by atoms with E-state index in [0.717, 1.165) is 12.1 Å². The third-order valence-electron chi connectivity index (χ3n) is 4.61. The van der Waals surface area contributed by atoms with Crippen molar-refractivity contribution in [2.45, 2.75) is 0 Å². The van der Waals surface area contributed by atoms with Gasteiger partial charge in [0.1, 0.15) is 28.8 Å². The van der Waals surface area contributed by atoms with Crippen LogP contribution >= 0.6 is 0 Å². The molecule has 0 aliphatic heterocycles. The number of hydrogen-bond donors (Lipinski definition) is 2. The van der Waals surface area contributed by atoms with Crippen molar-refractivity contribution >= 4 is 34.2 Å². The number of Topliss-reactive ketones (excluding diaryl/α,β-unsaturated/α-hetero) is 1. The number of aliphatic hydroxyl groups is 1. The number of para-hydroxylation sites is 2. The molecule has 2 N–H and O–H groups in total. The monoisotopic (exact) mass is 402 g/mol. The van der Waals surface area contributed by atoms with Crippen molar-refractivity contribution < 1.29 is 18.7 Å². The molecule has 0 unspecified atom stereocenters. The molecule has 4 aromatic rings. The summed E-state index contributed by atoms with van der Waals surface area (Å²) < 4.78 is 27.5. The number of benzene rings is 3. The van der Waals surface area contributed by atoms with Gasteiger partial charge in [0.25, 0.3) is 0 Å². The summed E-state index contributed by atoms with van der Waals surface area (Å²) in [6.45, 7) is 3.69. The Balaban J connectivity index is 1.96. The molecule has 30 heavy (non-hydrogen) atoms. The van der Waals surface area contributed by atoms with Crippen molar-refractivity contribution in [2.75, 3.05) is 0 Å². The molecular formula is C24H16F2N2O2. The van der Waals surface area contributed by atoms with Crippen molar-refractivity contribution in [1.29, 1.82) is 0 Å². The first kappa shape index (κ1) is 19.3. The van der Waals surface area contributed by atoms with Gasteiger partial charge in [0, 0.05) is 17.2 Å². The number of nitrogens with one attached hydrogen (secondary N) is 1. The minimum Gasteiger partial charge on any atom is -0.506 e. The van der Waals surface area contributed by atoms with Gasteiger partial charge in [0.15, 0.2) is 0 Å². The van der Waals surface area contributed by atoms with Crippen molar-refractivity contribution in [1.82, 2.24) is 9.97 Å². The van der Waals surface area contributed by atoms with Crippen molar-refractivity contribution in [3.05, 3.63) is 107 Å². The topological polar surface area (TPSA) is 66.0 Å². The molecule has 4 rings (SSSR count). The number of allylic oxidation sites excluding steroid dienone is 1. The van der Waals surface area contributed by atoms with Crippen LogP contribution in [0, 0.1) is 11.6 Å². The average Bonchev–Trinajstić information content (AvgIpc) is 3.16. The van der Waals surface area contributed by atoms with E-state index >= 15 is 0 Å². The lowest BCUT2D eigenvalue weighted by atomic mass is 9.97. The number of fused-ring (bicyclic) bond motifs is 1. The van der Waals surface area contributed by atoms with Crippen molar-refractivity contribution in [3.8, 4) is 0 Å². The molecule has 148 valence electrons. The van der Waals surface area contributed by atoms with Crippen LogP contribution < -0.4 is 0 Å². The normalized spacial score (nSPS) is 11.9. The molecule has 0 saturated carbocycles. The van der Waals surface area contributed by atoms with Gasteiger partial charge >= 0.3 is 0 Å². The standard InChI is InChI=1S/C24H16F2N2O2/c1-2-14-6-5-7-15(10-14)22(29)21(23(30)16-11-17(25)13-18(26)12-16)24-27-19-8-3-4-9-20(19)28-24/h2-13,30H,1H2,(H,27,28)/b23-21-. The molecule has 0 radical (unpaired) electrons. The SMILES string of the molecule is C=Cc1cccc(C(=O)/C(=C(/O)c2cc(F)cc(F)c2)c2nc3ccccc3[nH]2)c1. The summed E-state index contributed by atoms with van der Waals surface area (Å²) in [5, 5.41) is 10.9. The second-order valence-corrected chi connectivity index (χ2v) is 6.64. The van der Waals surface area contributed by atoms with Crippen LogP contribution in [0.3, 0.4) is 0 Å². The van der Waals surface area contributed by atoms with Crippen LogP contribution in [0.4, 0.5) is 8.78 Å². The molecule has 0 atom stereocenters. The van der Waals surface area contributed by atoms with Gasteiger partial charge < -0.3 is 10.1 Å². The van der Waals surface area contributed by atoms with E-state index in [0.29, 0.717) is 22.7 Å². The molecule has 0 aliphatic carbocycles. The maximum atomic E-state index is 13.8. The third-order valence-corrected chi connectivity index (χ3v) is 4.61. The van der Waals surface area contributed by atoms with Gasteiger partial charge in [-0.25, -0.2) is 13.8 Å². The highest BCUT2D eigenvalue weighted by Crippen LogP contribution is 2.29. The summed E-state index contributed by atoms with van der Waals surface area (Å²) >= 11 is 0. The Morgan fingerprint density at radius 2 is 1.70 bits per heavy atom. The van der Waals surface area contributed by atoms with E-state index in [4.69, 9.17) is 0 Å². The van der Waals surface area contributed by atoms with E-state index in [1.165, 1.54) is 0 Å². The number of aromatic amines is 1. The van der Waals surface area contributed by atoms with E-state index in [2.05, 4.69) is 16.5 Å². The molecule has 0 saturated heterocycles. The number of imidazole rings is 1. The lowest BCUT2D eigenvalue weighted by Gasteiger charge is -2.10. The van der Waals surface area contributed by atoms with Crippen LogP contribution in [0.15, 0.2) is 73.3 Å². The largest absolute Gasteiger partial charge is 0.506 e. The van der Waals surface area contributed by atoms with E-state index < -0.39 is 23.2 Å². The predicted molar refractivity (Wildman–Crippen MR) is 113 cm³/mol. The number of halogens is 2. The van der Waals surface area contributed by atoms with E-state index in [1.54, 1.807) is 54.6 Å². The number of hydrogen-bond acceptors (Lipinski definition) is 3. The Labute approximate surface area is 170 Å². The molecule has 4 nitrogen and oxygen atoms in total. The number of nitrogens with zero attached hydrogens (tertiary/aromatic N) is 1. The Morgan fingerprint density at radius 3 is 2.40 bits per heavy atom. The van der Waals surface area contributed by atoms with Gasteiger partial charge in [-0.3, -0.25) is 4.79 Å². The van der Waals surface area contributed by atoms with Gasteiger partial charge in [-0.2, -0.15) is 0 Å². The van der Waals surface area contributed by atoms with E-state index in [1.807, 2.05) is 0 Å². The number of aromatic nitrogens is 2. The van der Waals surface area contributed by atoms with Crippen LogP contribution in [0.5, 0.6) is 0 Å². The molecule has 0 amide bonds. The number of ketones is 1. The highest BCUT2D eigenvalue weighted by atomic mass is 19.1. The third kappa shape index (κ3) is 3.63. The van der Waals surface area contributed by atoms with Crippen LogP contribution in [-0.2, 0) is 0 Å². The van der Waals surface area contributed by atoms with Crippen LogP contribution in [0.2, 0.25) is 0 Å². The first-order valence-corrected chi connectivity index (χ1v) is 9.08. The number of aliphatic hydroxyl groups excluding tert-OH is 1. The molecule has 0 spiro atoms. The minimum atomic E-state index is -0.874. The zero-order valence-corrected chi connectivity index (χ0v) is 15.7. The molecule has 1 heterocycles. The summed E-state index contributed by atoms with van der Waals surface area (Å²) in [5.41, 5.74) is 1.84. The second-order valence-electron chi connectivity index (χ2n) is 6.64. The first-order valence-electron chi connectivity index (χ1n) is 9.08. The zero-order chi connectivity index (χ0) is 21.3. The highest BCUT2D eigenvalue weighted by molar-refractivity contribution is 6.33. The summed E-state index contributed by atoms with van der Waals surface area (Å²) in [6, 6.07) is 16.3. The van der Waals surface area contributed by atoms with Gasteiger partial charge in [-0.15, -0.1) is 0 Å². The maximum absolute atomic E-state index is 13.8. The average molecular weight is 402 g/mol. The minimum absolute atomic E-state index is 0.0902. The van der Waals surface area contributed by atoms with Gasteiger partial charge in [-0.1, -0.05) is 43.0 Å². The zero-order valence-electron chi connectivity index (χ0n) is 15.7. The molecule has 6 heteroatoms. The van der Waals surface area contributed by atoms with Gasteiger partial charge in [0.2, 0.25) is 5.78 Å². The summed E-state index contributed by atoms with van der Waals surface area (Å²) in [7, 11) is 0. The fourth-order valence-corrected chi connectivity index (χ4v) is 3.18. The number of H-pyrrole nitrogens is 1. The molecular weight excluding hydrogens is 386 g/mol. The fraction of sp³-hybridized carbons (Fsp3) is 0. The second kappa shape index (κ2) is 7.75. The maximum Gasteiger partial charge on any atom is 0.200 e. The van der Waals surface area contributed by atoms with Crippen molar-refractivity contribution in [2.24, 2.45) is 0 Å². The summed E-state index contributed by atoms with van der Waals surface area (Å²) in [5.74, 6) is -2.79. The Bertz CT molecular complexity index is 1270. The Hall–Kier alpha value is -4.06. The molecule has 0 aliphatic rings. The van der Waals surface area contributed by atoms with Crippen LogP contribution in [-0.4, -0.2) is 20.9 Å². The van der Waals surface area contributed by atoms with Gasteiger partial charge in [-0.05, 0) is 35.9 Å². The Morgan fingerprint density at radius 1 is 0.967 bits per heavy atom. The van der Waals surface area contributed by atoms with E-state index in [-0.39, 0.29) is 22.5 Å². The molecule has 3 aromatic carbocycles. The summed E-state index contributed by atoms with van der Waals surface area (Å²) in [4.78, 5) is 20.8. The molecule has 0 fully saturated rings. The quantitative estimate of drug-likeness (QED) is 0.252. The smallest absolute Gasteiger partial charge is 0.200 e. The molecule has 0 bridgehead atoms. The molecule has 1 aromatic heterocycles. The number of rotatable bonds is 5. The fourth-order valence-electron chi connectivity index (χ4n) is 3.18. The predicted octanol–water partition coefficient (Wildman–Crippen LogP) is 5.79. The number of carbonyl (C=O) groups is 1. The Kier molecular flexibility index (Phi) is 4.98. The van der Waals surface area contributed by atoms with Crippen LogP contribution in [0.25, 0.3) is 28.4 Å². The highest BCUT2D eigenvalue weighted by Gasteiger charge is 2.24. The lowest BCUT2D eigenvalue weighted by Crippen LogP contribution is -2.08. The van der Waals surface area contributed by atoms with Gasteiger partial charge in [0.05, 0.1) is 11.0 Å². The summed E-state index contributed by atoms with van der Waals surface area (Å²) in [6.07, 6.45) is 1.59. The van der Waals surface area contributed by atoms with Crippen LogP contribution in [0.1, 0.15) is 27.3 Å². The van der Waals surface area contributed by atoms with Crippen molar-refractivity contribution in [3.63, 3.8) is 0 Å².